The van der Waals surface area contributed by atoms with E-state index in [4.69, 9.17) is 9.47 Å². The minimum Gasteiger partial charge on any atom is -0.493 e. The van der Waals surface area contributed by atoms with Crippen molar-refractivity contribution in [3.63, 3.8) is 0 Å². The van der Waals surface area contributed by atoms with Crippen molar-refractivity contribution in [1.82, 2.24) is 20.0 Å². The van der Waals surface area contributed by atoms with Gasteiger partial charge in [0.25, 0.3) is 12.3 Å². The number of rotatable bonds is 6. The maximum atomic E-state index is 14.1. The largest absolute Gasteiger partial charge is 0.493 e. The lowest BCUT2D eigenvalue weighted by Gasteiger charge is -2.32. The first-order valence-corrected chi connectivity index (χ1v) is 11.9. The topological polar surface area (TPSA) is 80.7 Å². The first kappa shape index (κ1) is 24.1. The summed E-state index contributed by atoms with van der Waals surface area (Å²) in [5.74, 6) is 1.63. The maximum absolute atomic E-state index is 14.1. The monoisotopic (exact) mass is 497 g/mol. The second-order valence-corrected chi connectivity index (χ2v) is 8.93. The van der Waals surface area contributed by atoms with E-state index < -0.39 is 12.5 Å². The fraction of sp³-hybridized carbons (Fsp3) is 0.385. The van der Waals surface area contributed by atoms with Crippen LogP contribution in [0.15, 0.2) is 48.5 Å². The number of carbonyl (C=O) groups excluding carboxylic acids is 1. The normalized spacial score (nSPS) is 19.5. The van der Waals surface area contributed by atoms with Gasteiger partial charge in [-0.1, -0.05) is 18.2 Å². The van der Waals surface area contributed by atoms with Crippen LogP contribution < -0.4 is 20.1 Å². The lowest BCUT2D eigenvalue weighted by atomic mass is 9.97. The summed E-state index contributed by atoms with van der Waals surface area (Å²) in [5, 5.41) is 11.1. The molecule has 0 bridgehead atoms. The van der Waals surface area contributed by atoms with Crippen molar-refractivity contribution in [1.29, 1.82) is 0 Å². The van der Waals surface area contributed by atoms with E-state index in [1.165, 1.54) is 4.68 Å². The summed E-state index contributed by atoms with van der Waals surface area (Å²) < 4.78 is 40.3. The van der Waals surface area contributed by atoms with Gasteiger partial charge >= 0.3 is 0 Å². The standard InChI is InChI=1S/C26H29F2N5O3/c1-35-22-8-7-18(13-23(22)36-2)19-14-21(25(27)28)33-24(30-19)15-20(31-33)16-3-5-17(6-4-16)26(34)32-11-9-29-10-12-32/h3-8,13,15,19,21,25,29-30H,9-12,14H2,1-2H3. The fourth-order valence-corrected chi connectivity index (χ4v) is 4.81. The van der Waals surface area contributed by atoms with Crippen LogP contribution in [-0.4, -0.2) is 67.4 Å². The number of nitrogens with zero attached hydrogens (tertiary/aromatic N) is 3. The number of hydrogen-bond acceptors (Lipinski definition) is 6. The summed E-state index contributed by atoms with van der Waals surface area (Å²) in [6, 6.07) is 12.9. The van der Waals surface area contributed by atoms with Crippen molar-refractivity contribution in [3.05, 3.63) is 59.7 Å². The van der Waals surface area contributed by atoms with Crippen molar-refractivity contribution in [2.24, 2.45) is 0 Å². The van der Waals surface area contributed by atoms with E-state index in [-0.39, 0.29) is 18.4 Å². The van der Waals surface area contributed by atoms with E-state index in [1.54, 1.807) is 44.6 Å². The molecular formula is C26H29F2N5O3. The molecule has 10 heteroatoms. The van der Waals surface area contributed by atoms with Gasteiger partial charge in [-0.05, 0) is 36.2 Å². The number of alkyl halides is 2. The predicted molar refractivity (Wildman–Crippen MR) is 132 cm³/mol. The van der Waals surface area contributed by atoms with Crippen LogP contribution in [0.3, 0.4) is 0 Å². The second-order valence-electron chi connectivity index (χ2n) is 8.93. The van der Waals surface area contributed by atoms with Gasteiger partial charge in [0.1, 0.15) is 11.9 Å². The molecule has 2 N–H and O–H groups in total. The maximum Gasteiger partial charge on any atom is 0.260 e. The molecule has 8 nitrogen and oxygen atoms in total. The molecule has 2 aromatic carbocycles. The molecule has 1 fully saturated rings. The van der Waals surface area contributed by atoms with E-state index in [0.717, 1.165) is 24.2 Å². The molecule has 0 spiro atoms. The summed E-state index contributed by atoms with van der Waals surface area (Å²) in [4.78, 5) is 14.6. The highest BCUT2D eigenvalue weighted by atomic mass is 19.3. The third-order valence-corrected chi connectivity index (χ3v) is 6.78. The minimum atomic E-state index is -2.58. The molecule has 0 saturated carbocycles. The van der Waals surface area contributed by atoms with E-state index in [9.17, 15) is 13.6 Å². The molecule has 0 radical (unpaired) electrons. The number of carbonyl (C=O) groups is 1. The van der Waals surface area contributed by atoms with Crippen LogP contribution in [-0.2, 0) is 0 Å². The summed E-state index contributed by atoms with van der Waals surface area (Å²) in [6.07, 6.45) is -2.42. The lowest BCUT2D eigenvalue weighted by Crippen LogP contribution is -2.46. The van der Waals surface area contributed by atoms with Gasteiger partial charge in [0.15, 0.2) is 11.5 Å². The van der Waals surface area contributed by atoms with Crippen LogP contribution in [0.25, 0.3) is 11.3 Å². The van der Waals surface area contributed by atoms with Gasteiger partial charge in [0.05, 0.1) is 26.0 Å². The number of ether oxygens (including phenoxy) is 2. The van der Waals surface area contributed by atoms with Crippen LogP contribution in [0.5, 0.6) is 11.5 Å². The zero-order valence-electron chi connectivity index (χ0n) is 20.2. The number of benzene rings is 2. The summed E-state index contributed by atoms with van der Waals surface area (Å²) >= 11 is 0. The number of piperazine rings is 1. The van der Waals surface area contributed by atoms with E-state index >= 15 is 0 Å². The summed E-state index contributed by atoms with van der Waals surface area (Å²) in [7, 11) is 3.10. The van der Waals surface area contributed by atoms with Crippen molar-refractivity contribution >= 4 is 11.7 Å². The molecule has 36 heavy (non-hydrogen) atoms. The van der Waals surface area contributed by atoms with Crippen molar-refractivity contribution in [3.8, 4) is 22.8 Å². The lowest BCUT2D eigenvalue weighted by molar-refractivity contribution is 0.0659. The van der Waals surface area contributed by atoms with Gasteiger partial charge in [-0.15, -0.1) is 0 Å². The molecular weight excluding hydrogens is 468 g/mol. The molecule has 2 aliphatic rings. The fourth-order valence-electron chi connectivity index (χ4n) is 4.81. The highest BCUT2D eigenvalue weighted by Gasteiger charge is 2.35. The first-order chi connectivity index (χ1) is 17.5. The van der Waals surface area contributed by atoms with E-state index in [1.807, 2.05) is 23.1 Å². The summed E-state index contributed by atoms with van der Waals surface area (Å²) in [5.41, 5.74) is 2.74. The van der Waals surface area contributed by atoms with Gasteiger partial charge in [-0.3, -0.25) is 4.79 Å². The van der Waals surface area contributed by atoms with Gasteiger partial charge in [-0.2, -0.15) is 5.10 Å². The van der Waals surface area contributed by atoms with Gasteiger partial charge in [0.2, 0.25) is 0 Å². The number of amides is 1. The SMILES string of the molecule is COc1ccc(C2CC(C(F)F)n3nc(-c4ccc(C(=O)N5CCNCC5)cc4)cc3N2)cc1OC. The van der Waals surface area contributed by atoms with Gasteiger partial charge in [-0.25, -0.2) is 13.5 Å². The van der Waals surface area contributed by atoms with Gasteiger partial charge in [0, 0.05) is 43.4 Å². The average Bonchev–Trinajstić information content (AvgIpc) is 3.36. The molecule has 0 aliphatic carbocycles. The Hall–Kier alpha value is -3.66. The smallest absolute Gasteiger partial charge is 0.260 e. The highest BCUT2D eigenvalue weighted by Crippen LogP contribution is 2.41. The Balaban J connectivity index is 1.40. The molecule has 1 amide bonds. The van der Waals surface area contributed by atoms with Crippen LogP contribution in [0.1, 0.15) is 34.4 Å². The second kappa shape index (κ2) is 10.1. The third-order valence-electron chi connectivity index (χ3n) is 6.78. The quantitative estimate of drug-likeness (QED) is 0.537. The Labute approximate surface area is 208 Å². The molecule has 1 aromatic heterocycles. The van der Waals surface area contributed by atoms with Crippen molar-refractivity contribution in [2.75, 3.05) is 45.7 Å². The van der Waals surface area contributed by atoms with E-state index in [0.29, 0.717) is 41.7 Å². The molecule has 5 rings (SSSR count). The minimum absolute atomic E-state index is 0.00984. The number of anilines is 1. The molecule has 2 unspecified atom stereocenters. The highest BCUT2D eigenvalue weighted by molar-refractivity contribution is 5.94. The number of fused-ring (bicyclic) bond motifs is 1. The molecule has 3 aromatic rings. The van der Waals surface area contributed by atoms with Crippen molar-refractivity contribution < 1.29 is 23.0 Å². The Morgan fingerprint density at radius 2 is 1.75 bits per heavy atom. The Morgan fingerprint density at radius 1 is 1.03 bits per heavy atom. The van der Waals surface area contributed by atoms with Crippen LogP contribution in [0.4, 0.5) is 14.6 Å². The third kappa shape index (κ3) is 4.60. The molecule has 3 heterocycles. The number of hydrogen-bond donors (Lipinski definition) is 2. The predicted octanol–water partition coefficient (Wildman–Crippen LogP) is 3.98. The van der Waals surface area contributed by atoms with Crippen molar-refractivity contribution in [2.45, 2.75) is 24.9 Å². The molecule has 2 atom stereocenters. The average molecular weight is 498 g/mol. The zero-order chi connectivity index (χ0) is 25.2. The van der Waals surface area contributed by atoms with Crippen LogP contribution >= 0.6 is 0 Å². The molecule has 2 aliphatic heterocycles. The first-order valence-electron chi connectivity index (χ1n) is 11.9. The molecule has 190 valence electrons. The Bertz CT molecular complexity index is 1220. The van der Waals surface area contributed by atoms with Crippen LogP contribution in [0.2, 0.25) is 0 Å². The van der Waals surface area contributed by atoms with Crippen LogP contribution in [0, 0.1) is 0 Å². The number of halogens is 2. The van der Waals surface area contributed by atoms with Gasteiger partial charge < -0.3 is 25.0 Å². The van der Waals surface area contributed by atoms with E-state index in [2.05, 4.69) is 15.7 Å². The number of methoxy groups -OCH3 is 2. The molecule has 1 saturated heterocycles. The number of nitrogens with one attached hydrogen (secondary N) is 2. The zero-order valence-corrected chi connectivity index (χ0v) is 20.2. The Kier molecular flexibility index (Phi) is 6.77. The summed E-state index contributed by atoms with van der Waals surface area (Å²) in [6.45, 7) is 2.92. The number of aromatic nitrogens is 2. The Morgan fingerprint density at radius 3 is 2.42 bits per heavy atom.